The van der Waals surface area contributed by atoms with Crippen molar-refractivity contribution in [2.24, 2.45) is 5.73 Å². The van der Waals surface area contributed by atoms with Crippen molar-refractivity contribution in [3.05, 3.63) is 42.5 Å². The van der Waals surface area contributed by atoms with Crippen LogP contribution in [0, 0.1) is 0 Å². The Hall–Kier alpha value is -1.32. The maximum Gasteiger partial charge on any atom is 0.247 e. The third kappa shape index (κ3) is 2.57. The van der Waals surface area contributed by atoms with Gasteiger partial charge in [-0.3, -0.25) is 0 Å². The van der Waals surface area contributed by atoms with Crippen LogP contribution in [-0.4, -0.2) is 31.4 Å². The molecule has 1 saturated heterocycles. The molecule has 0 amide bonds. The Morgan fingerprint density at radius 3 is 2.50 bits per heavy atom. The zero-order chi connectivity index (χ0) is 12.4. The minimum Gasteiger partial charge on any atom is -0.342 e. The average molecular weight is 237 g/mol. The Labute approximate surface area is 109 Å². The molecule has 0 spiro atoms. The molecule has 0 aromatic heterocycles. The third-order valence-corrected chi connectivity index (χ3v) is 3.68. The Bertz CT molecular complexity index is 533. The molecular weight excluding hydrogens is 219 g/mol. The summed E-state index contributed by atoms with van der Waals surface area (Å²) < 4.78 is 0. The van der Waals surface area contributed by atoms with Crippen LogP contribution >= 0.6 is 0 Å². The van der Waals surface area contributed by atoms with E-state index in [-0.39, 0.29) is 0 Å². The van der Waals surface area contributed by atoms with Crippen molar-refractivity contribution in [1.82, 2.24) is 4.81 Å². The number of nitrogens with two attached hydrogens (primary N) is 1. The van der Waals surface area contributed by atoms with Crippen LogP contribution < -0.4 is 11.2 Å². The van der Waals surface area contributed by atoms with Gasteiger partial charge >= 0.3 is 0 Å². The molecule has 1 heterocycles. The fourth-order valence-corrected chi connectivity index (χ4v) is 2.55. The third-order valence-electron chi connectivity index (χ3n) is 3.68. The van der Waals surface area contributed by atoms with E-state index in [9.17, 15) is 0 Å². The van der Waals surface area contributed by atoms with E-state index in [0.717, 1.165) is 25.9 Å². The van der Waals surface area contributed by atoms with Crippen molar-refractivity contribution in [2.75, 3.05) is 13.1 Å². The molecule has 2 aromatic carbocycles. The second-order valence-electron chi connectivity index (χ2n) is 5.11. The van der Waals surface area contributed by atoms with E-state index >= 15 is 0 Å². The monoisotopic (exact) mass is 237 g/mol. The number of hydrogen-bond donors (Lipinski definition) is 1. The predicted octanol–water partition coefficient (Wildman–Crippen LogP) is 1.51. The number of fused-ring (bicyclic) bond motifs is 1. The zero-order valence-corrected chi connectivity index (χ0v) is 10.5. The molecule has 2 nitrogen and oxygen atoms in total. The molecule has 3 heteroatoms. The summed E-state index contributed by atoms with van der Waals surface area (Å²) in [6.45, 7) is 2.15. The van der Waals surface area contributed by atoms with E-state index in [1.54, 1.807) is 0 Å². The molecule has 1 fully saturated rings. The molecule has 0 bridgehead atoms. The highest BCUT2D eigenvalue weighted by Gasteiger charge is 2.16. The average Bonchev–Trinajstić information content (AvgIpc) is 2.41. The topological polar surface area (TPSA) is 29.3 Å². The number of nitrogens with zero attached hydrogens (tertiary/aromatic N) is 1. The lowest BCUT2D eigenvalue weighted by atomic mass is 9.78. The van der Waals surface area contributed by atoms with Crippen LogP contribution in [0.5, 0.6) is 0 Å². The van der Waals surface area contributed by atoms with Crippen LogP contribution in [0.2, 0.25) is 0 Å². The molecule has 0 saturated carbocycles. The fourth-order valence-electron chi connectivity index (χ4n) is 2.55. The van der Waals surface area contributed by atoms with Gasteiger partial charge in [0.25, 0.3) is 0 Å². The van der Waals surface area contributed by atoms with Gasteiger partial charge in [0.15, 0.2) is 0 Å². The Morgan fingerprint density at radius 1 is 1.00 bits per heavy atom. The smallest absolute Gasteiger partial charge is 0.247 e. The number of hydrogen-bond acceptors (Lipinski definition) is 2. The lowest BCUT2D eigenvalue weighted by Crippen LogP contribution is -2.45. The van der Waals surface area contributed by atoms with Gasteiger partial charge < -0.3 is 10.5 Å². The number of rotatable bonds is 2. The lowest BCUT2D eigenvalue weighted by molar-refractivity contribution is 0.331. The van der Waals surface area contributed by atoms with Crippen LogP contribution in [0.4, 0.5) is 0 Å². The molecule has 0 aliphatic carbocycles. The summed E-state index contributed by atoms with van der Waals surface area (Å²) in [6.07, 6.45) is 2.20. The van der Waals surface area contributed by atoms with E-state index in [2.05, 4.69) is 54.7 Å². The van der Waals surface area contributed by atoms with Gasteiger partial charge in [0.1, 0.15) is 0 Å². The Kier molecular flexibility index (Phi) is 3.35. The number of piperidine rings is 1. The lowest BCUT2D eigenvalue weighted by Gasteiger charge is -2.29. The maximum absolute atomic E-state index is 5.92. The standard InChI is InChI=1S/C15H18BN2/c17-15-7-9-18(10-8-15)16-14-6-5-12-3-1-2-4-13(12)11-14/h1-6,11,15H,7-10,17H2. The predicted molar refractivity (Wildman–Crippen MR) is 78.1 cm³/mol. The molecule has 2 aromatic rings. The van der Waals surface area contributed by atoms with Crippen molar-refractivity contribution in [2.45, 2.75) is 18.9 Å². The minimum absolute atomic E-state index is 0.395. The Balaban J connectivity index is 1.74. The van der Waals surface area contributed by atoms with Gasteiger partial charge in [-0.05, 0) is 36.7 Å². The Morgan fingerprint density at radius 2 is 1.72 bits per heavy atom. The quantitative estimate of drug-likeness (QED) is 0.802. The first-order chi connectivity index (χ1) is 8.81. The van der Waals surface area contributed by atoms with E-state index in [1.165, 1.54) is 16.2 Å². The molecule has 1 aliphatic heterocycles. The van der Waals surface area contributed by atoms with Gasteiger partial charge in [-0.15, -0.1) is 0 Å². The largest absolute Gasteiger partial charge is 0.342 e. The second kappa shape index (κ2) is 5.13. The molecule has 3 rings (SSSR count). The van der Waals surface area contributed by atoms with Gasteiger partial charge in [-0.2, -0.15) is 0 Å². The summed E-state index contributed by atoms with van der Waals surface area (Å²) >= 11 is 0. The highest BCUT2D eigenvalue weighted by Crippen LogP contribution is 2.12. The van der Waals surface area contributed by atoms with E-state index < -0.39 is 0 Å². The second-order valence-corrected chi connectivity index (χ2v) is 5.11. The maximum atomic E-state index is 5.92. The summed E-state index contributed by atoms with van der Waals surface area (Å²) in [5.41, 5.74) is 7.21. The molecule has 0 unspecified atom stereocenters. The van der Waals surface area contributed by atoms with Crippen LogP contribution in [0.3, 0.4) is 0 Å². The van der Waals surface area contributed by atoms with Crippen molar-refractivity contribution in [3.8, 4) is 0 Å². The molecular formula is C15H18BN2. The van der Waals surface area contributed by atoms with Crippen LogP contribution in [0.25, 0.3) is 10.8 Å². The highest BCUT2D eigenvalue weighted by atomic mass is 15.1. The van der Waals surface area contributed by atoms with Crippen LogP contribution in [0.15, 0.2) is 42.5 Å². The minimum atomic E-state index is 0.395. The first kappa shape index (κ1) is 11.8. The summed E-state index contributed by atoms with van der Waals surface area (Å²) in [6, 6.07) is 15.5. The van der Waals surface area contributed by atoms with Crippen molar-refractivity contribution in [1.29, 1.82) is 0 Å². The summed E-state index contributed by atoms with van der Waals surface area (Å²) in [5, 5.41) is 2.61. The van der Waals surface area contributed by atoms with Crippen LogP contribution in [0.1, 0.15) is 12.8 Å². The van der Waals surface area contributed by atoms with Gasteiger partial charge in [-0.1, -0.05) is 47.9 Å². The van der Waals surface area contributed by atoms with E-state index in [4.69, 9.17) is 5.73 Å². The SMILES string of the molecule is NC1CCN([B]c2ccc3ccccc3c2)CC1. The van der Waals surface area contributed by atoms with Gasteiger partial charge in [-0.25, -0.2) is 0 Å². The van der Waals surface area contributed by atoms with Crippen molar-refractivity contribution in [3.63, 3.8) is 0 Å². The molecule has 2 N–H and O–H groups in total. The molecule has 91 valence electrons. The molecule has 18 heavy (non-hydrogen) atoms. The van der Waals surface area contributed by atoms with Gasteiger partial charge in [0, 0.05) is 6.04 Å². The normalized spacial score (nSPS) is 18.1. The zero-order valence-electron chi connectivity index (χ0n) is 10.5. The van der Waals surface area contributed by atoms with E-state index in [0.29, 0.717) is 6.04 Å². The van der Waals surface area contributed by atoms with Gasteiger partial charge in [0.05, 0.1) is 0 Å². The number of benzene rings is 2. The van der Waals surface area contributed by atoms with Gasteiger partial charge in [0.2, 0.25) is 7.41 Å². The summed E-state index contributed by atoms with van der Waals surface area (Å²) in [7, 11) is 2.26. The van der Waals surface area contributed by atoms with E-state index in [1.807, 2.05) is 0 Å². The van der Waals surface area contributed by atoms with Crippen LogP contribution in [-0.2, 0) is 0 Å². The molecule has 1 radical (unpaired) electrons. The first-order valence-corrected chi connectivity index (χ1v) is 6.64. The summed E-state index contributed by atoms with van der Waals surface area (Å²) in [4.78, 5) is 2.38. The van der Waals surface area contributed by atoms with Crippen molar-refractivity contribution < 1.29 is 0 Å². The summed E-state index contributed by atoms with van der Waals surface area (Å²) in [5.74, 6) is 0. The highest BCUT2D eigenvalue weighted by molar-refractivity contribution is 6.51. The molecule has 1 aliphatic rings. The fraction of sp³-hybridized carbons (Fsp3) is 0.333. The van der Waals surface area contributed by atoms with Crippen molar-refractivity contribution >= 4 is 23.6 Å². The molecule has 0 atom stereocenters. The first-order valence-electron chi connectivity index (χ1n) is 6.64.